The van der Waals surface area contributed by atoms with Crippen LogP contribution in [0, 0.1) is 0 Å². The molecule has 0 saturated heterocycles. The van der Waals surface area contributed by atoms with Crippen LogP contribution in [0.2, 0.25) is 0 Å². The molecule has 110 valence electrons. The van der Waals surface area contributed by atoms with Crippen LogP contribution in [0.15, 0.2) is 47.6 Å². The summed E-state index contributed by atoms with van der Waals surface area (Å²) >= 11 is 1.85. The Bertz CT molecular complexity index is 603. The highest BCUT2D eigenvalue weighted by atomic mass is 32.2. The summed E-state index contributed by atoms with van der Waals surface area (Å²) in [6, 6.07) is 12.8. The van der Waals surface area contributed by atoms with Crippen molar-refractivity contribution in [3.63, 3.8) is 0 Å². The maximum Gasteiger partial charge on any atom is 0.119 e. The van der Waals surface area contributed by atoms with Crippen LogP contribution in [0.4, 0.5) is 0 Å². The Labute approximate surface area is 130 Å². The van der Waals surface area contributed by atoms with Crippen LogP contribution >= 0.6 is 11.8 Å². The lowest BCUT2D eigenvalue weighted by atomic mass is 10.1. The zero-order valence-electron chi connectivity index (χ0n) is 12.4. The van der Waals surface area contributed by atoms with E-state index in [1.54, 1.807) is 7.11 Å². The molecule has 1 aliphatic carbocycles. The fraction of sp³-hybridized carbons (Fsp3) is 0.353. The highest BCUT2D eigenvalue weighted by Crippen LogP contribution is 2.42. The molecule has 3 rings (SSSR count). The van der Waals surface area contributed by atoms with Crippen LogP contribution in [0.5, 0.6) is 5.75 Å². The lowest BCUT2D eigenvalue weighted by Gasteiger charge is -2.20. The summed E-state index contributed by atoms with van der Waals surface area (Å²) in [5, 5.41) is 5.18. The molecule has 3 nitrogen and oxygen atoms in total. The van der Waals surface area contributed by atoms with Crippen molar-refractivity contribution in [2.75, 3.05) is 13.7 Å². The fourth-order valence-electron chi connectivity index (χ4n) is 2.85. The Morgan fingerprint density at radius 2 is 2.24 bits per heavy atom. The second-order valence-corrected chi connectivity index (χ2v) is 6.39. The molecule has 0 spiro atoms. The molecule has 2 atom stereocenters. The number of aromatic nitrogens is 1. The molecule has 0 fully saturated rings. The Morgan fingerprint density at radius 3 is 2.95 bits per heavy atom. The summed E-state index contributed by atoms with van der Waals surface area (Å²) in [5.74, 6) is 0.931. The maximum atomic E-state index is 5.37. The third-order valence-electron chi connectivity index (χ3n) is 3.81. The Balaban J connectivity index is 1.85. The molecular weight excluding hydrogens is 280 g/mol. The van der Waals surface area contributed by atoms with E-state index in [4.69, 9.17) is 4.74 Å². The van der Waals surface area contributed by atoms with Crippen LogP contribution in [-0.4, -0.2) is 23.9 Å². The molecule has 1 aromatic carbocycles. The summed E-state index contributed by atoms with van der Waals surface area (Å²) in [6.07, 6.45) is 2.92. The first kappa shape index (κ1) is 14.4. The van der Waals surface area contributed by atoms with Gasteiger partial charge in [-0.25, -0.2) is 4.98 Å². The summed E-state index contributed by atoms with van der Waals surface area (Å²) in [6.45, 7) is 3.11. The predicted octanol–water partition coefficient (Wildman–Crippen LogP) is 3.46. The molecule has 1 aliphatic rings. The number of methoxy groups -OCH3 is 1. The van der Waals surface area contributed by atoms with Crippen molar-refractivity contribution in [3.8, 4) is 5.75 Å². The van der Waals surface area contributed by atoms with Gasteiger partial charge >= 0.3 is 0 Å². The molecule has 0 bridgehead atoms. The van der Waals surface area contributed by atoms with Gasteiger partial charge in [-0.1, -0.05) is 19.1 Å². The first-order valence-corrected chi connectivity index (χ1v) is 8.17. The Kier molecular flexibility index (Phi) is 4.46. The molecule has 1 N–H and O–H groups in total. The quantitative estimate of drug-likeness (QED) is 0.917. The van der Waals surface area contributed by atoms with Crippen molar-refractivity contribution in [1.82, 2.24) is 10.3 Å². The minimum atomic E-state index is 0.354. The Morgan fingerprint density at radius 1 is 1.33 bits per heavy atom. The Hall–Kier alpha value is -1.52. The second kappa shape index (κ2) is 6.50. The average molecular weight is 300 g/mol. The number of ether oxygens (including phenoxy) is 1. The number of fused-ring (bicyclic) bond motifs is 1. The lowest BCUT2D eigenvalue weighted by Crippen LogP contribution is -2.26. The molecular formula is C17H20N2OS. The van der Waals surface area contributed by atoms with Gasteiger partial charge in [0.1, 0.15) is 5.75 Å². The second-order valence-electron chi connectivity index (χ2n) is 5.13. The number of hydrogen-bond acceptors (Lipinski definition) is 4. The fourth-order valence-corrected chi connectivity index (χ4v) is 4.08. The molecule has 0 amide bonds. The molecule has 4 heteroatoms. The SMILES string of the molecule is CCNC1c2cc(OC)ccc2CC1Sc1ccccn1. The van der Waals surface area contributed by atoms with Crippen LogP contribution in [0.25, 0.3) is 0 Å². The molecule has 0 aliphatic heterocycles. The van der Waals surface area contributed by atoms with Crippen molar-refractivity contribution in [1.29, 1.82) is 0 Å². The van der Waals surface area contributed by atoms with E-state index in [1.807, 2.05) is 30.1 Å². The van der Waals surface area contributed by atoms with E-state index in [1.165, 1.54) is 11.1 Å². The minimum absolute atomic E-state index is 0.354. The number of nitrogens with zero attached hydrogens (tertiary/aromatic N) is 1. The topological polar surface area (TPSA) is 34.1 Å². The first-order chi connectivity index (χ1) is 10.3. The lowest BCUT2D eigenvalue weighted by molar-refractivity contribution is 0.413. The molecule has 1 aromatic heterocycles. The van der Waals surface area contributed by atoms with Crippen LogP contribution < -0.4 is 10.1 Å². The average Bonchev–Trinajstić information content (AvgIpc) is 2.85. The molecule has 2 unspecified atom stereocenters. The van der Waals surface area contributed by atoms with E-state index < -0.39 is 0 Å². The number of hydrogen-bond donors (Lipinski definition) is 1. The summed E-state index contributed by atoms with van der Waals surface area (Å²) in [5.41, 5.74) is 2.78. The van der Waals surface area contributed by atoms with Gasteiger partial charge < -0.3 is 10.1 Å². The smallest absolute Gasteiger partial charge is 0.119 e. The van der Waals surface area contributed by atoms with Crippen molar-refractivity contribution in [2.45, 2.75) is 29.7 Å². The van der Waals surface area contributed by atoms with E-state index in [-0.39, 0.29) is 0 Å². The van der Waals surface area contributed by atoms with E-state index >= 15 is 0 Å². The molecule has 0 saturated carbocycles. The predicted molar refractivity (Wildman–Crippen MR) is 87.0 cm³/mol. The van der Waals surface area contributed by atoms with Crippen molar-refractivity contribution >= 4 is 11.8 Å². The number of rotatable bonds is 5. The van der Waals surface area contributed by atoms with Gasteiger partial charge in [-0.2, -0.15) is 0 Å². The van der Waals surface area contributed by atoms with Crippen molar-refractivity contribution < 1.29 is 4.74 Å². The van der Waals surface area contributed by atoms with Gasteiger partial charge in [0.05, 0.1) is 12.1 Å². The number of nitrogens with one attached hydrogen (secondary N) is 1. The highest BCUT2D eigenvalue weighted by molar-refractivity contribution is 7.99. The highest BCUT2D eigenvalue weighted by Gasteiger charge is 2.33. The van der Waals surface area contributed by atoms with Crippen LogP contribution in [0.3, 0.4) is 0 Å². The number of thioether (sulfide) groups is 1. The van der Waals surface area contributed by atoms with Gasteiger partial charge in [0.15, 0.2) is 0 Å². The third-order valence-corrected chi connectivity index (χ3v) is 5.04. The molecule has 21 heavy (non-hydrogen) atoms. The molecule has 1 heterocycles. The monoisotopic (exact) mass is 300 g/mol. The van der Waals surface area contributed by atoms with E-state index in [0.29, 0.717) is 11.3 Å². The van der Waals surface area contributed by atoms with Crippen LogP contribution in [-0.2, 0) is 6.42 Å². The summed E-state index contributed by atoms with van der Waals surface area (Å²) < 4.78 is 5.37. The van der Waals surface area contributed by atoms with Gasteiger partial charge in [0, 0.05) is 17.5 Å². The molecule has 0 radical (unpaired) electrons. The summed E-state index contributed by atoms with van der Waals surface area (Å²) in [4.78, 5) is 4.44. The van der Waals surface area contributed by atoms with Gasteiger partial charge in [-0.05, 0) is 48.4 Å². The number of benzene rings is 1. The normalized spacial score (nSPS) is 20.3. The standard InChI is InChI=1S/C17H20N2OS/c1-3-18-17-14-11-13(20-2)8-7-12(14)10-15(17)21-16-6-4-5-9-19-16/h4-9,11,15,17-18H,3,10H2,1-2H3. The summed E-state index contributed by atoms with van der Waals surface area (Å²) in [7, 11) is 1.72. The van der Waals surface area contributed by atoms with Crippen molar-refractivity contribution in [2.24, 2.45) is 0 Å². The number of pyridine rings is 1. The maximum absolute atomic E-state index is 5.37. The van der Waals surface area contributed by atoms with E-state index in [9.17, 15) is 0 Å². The van der Waals surface area contributed by atoms with Gasteiger partial charge in [0.2, 0.25) is 0 Å². The van der Waals surface area contributed by atoms with E-state index in [2.05, 4.69) is 41.5 Å². The van der Waals surface area contributed by atoms with Gasteiger partial charge in [0.25, 0.3) is 0 Å². The minimum Gasteiger partial charge on any atom is -0.497 e. The van der Waals surface area contributed by atoms with Crippen LogP contribution in [0.1, 0.15) is 24.1 Å². The van der Waals surface area contributed by atoms with Gasteiger partial charge in [-0.3, -0.25) is 0 Å². The van der Waals surface area contributed by atoms with E-state index in [0.717, 1.165) is 23.7 Å². The zero-order valence-corrected chi connectivity index (χ0v) is 13.2. The first-order valence-electron chi connectivity index (χ1n) is 7.29. The largest absolute Gasteiger partial charge is 0.497 e. The van der Waals surface area contributed by atoms with Gasteiger partial charge in [-0.15, -0.1) is 11.8 Å². The van der Waals surface area contributed by atoms with Crippen molar-refractivity contribution in [3.05, 3.63) is 53.7 Å². The molecule has 2 aromatic rings. The third kappa shape index (κ3) is 3.06. The zero-order chi connectivity index (χ0) is 14.7.